The number of oxime groups is 1. The minimum Gasteiger partial charge on any atom is -0.411 e. The molecule has 4 heteroatoms. The molecule has 4 nitrogen and oxygen atoms in total. The van der Waals surface area contributed by atoms with Gasteiger partial charge in [0.25, 0.3) is 0 Å². The predicted octanol–water partition coefficient (Wildman–Crippen LogP) is 2.16. The summed E-state index contributed by atoms with van der Waals surface area (Å²) >= 11 is 0. The minimum absolute atomic E-state index is 0.0234. The second kappa shape index (κ2) is 7.76. The van der Waals surface area contributed by atoms with Crippen molar-refractivity contribution in [1.29, 1.82) is 0 Å². The smallest absolute Gasteiger partial charge is 0.157 e. The van der Waals surface area contributed by atoms with E-state index in [0.717, 1.165) is 45.3 Å². The molecule has 0 bridgehead atoms. The van der Waals surface area contributed by atoms with Crippen molar-refractivity contribution in [3.05, 3.63) is 0 Å². The van der Waals surface area contributed by atoms with Crippen molar-refractivity contribution in [2.45, 2.75) is 44.8 Å². The van der Waals surface area contributed by atoms with Crippen molar-refractivity contribution >= 4 is 6.21 Å². The zero-order valence-corrected chi connectivity index (χ0v) is 8.52. The lowest BCUT2D eigenvalue weighted by Gasteiger charge is -2.22. The fraction of sp³-hybridized carbons (Fsp3) is 0.900. The second-order valence-electron chi connectivity index (χ2n) is 3.46. The van der Waals surface area contributed by atoms with Gasteiger partial charge < -0.3 is 14.7 Å². The molecule has 0 aromatic heterocycles. The first-order chi connectivity index (χ1) is 6.93. The Bertz CT molecular complexity index is 155. The largest absolute Gasteiger partial charge is 0.411 e. The van der Waals surface area contributed by atoms with Crippen molar-refractivity contribution in [3.8, 4) is 0 Å². The summed E-state index contributed by atoms with van der Waals surface area (Å²) in [5.74, 6) is 0. The van der Waals surface area contributed by atoms with Gasteiger partial charge in [-0.05, 0) is 38.5 Å². The molecule has 0 spiro atoms. The third-order valence-electron chi connectivity index (χ3n) is 2.25. The van der Waals surface area contributed by atoms with Gasteiger partial charge in [0.2, 0.25) is 0 Å². The molecule has 1 rings (SSSR count). The summed E-state index contributed by atoms with van der Waals surface area (Å²) in [6.45, 7) is 1.58. The highest BCUT2D eigenvalue weighted by molar-refractivity contribution is 5.55. The Hall–Kier alpha value is -0.610. The van der Waals surface area contributed by atoms with Crippen LogP contribution >= 0.6 is 0 Å². The van der Waals surface area contributed by atoms with E-state index in [1.54, 1.807) is 0 Å². The minimum atomic E-state index is 0.0234. The summed E-state index contributed by atoms with van der Waals surface area (Å²) in [7, 11) is 0. The van der Waals surface area contributed by atoms with Gasteiger partial charge in [-0.1, -0.05) is 0 Å². The Morgan fingerprint density at radius 2 is 2.36 bits per heavy atom. The number of hydrogen-bond donors (Lipinski definition) is 1. The van der Waals surface area contributed by atoms with E-state index in [2.05, 4.69) is 5.16 Å². The number of nitrogens with zero attached hydrogens (tertiary/aromatic N) is 1. The van der Waals surface area contributed by atoms with Crippen LogP contribution in [0.3, 0.4) is 0 Å². The van der Waals surface area contributed by atoms with Gasteiger partial charge in [-0.3, -0.25) is 0 Å². The summed E-state index contributed by atoms with van der Waals surface area (Å²) in [6, 6.07) is 0. The standard InChI is InChI=1S/C10H19NO3/c12-11-7-3-1-4-8-13-10-6-2-5-9-14-10/h7,10,12H,1-6,8-9H2/b11-7+. The molecular weight excluding hydrogens is 182 g/mol. The molecule has 82 valence electrons. The summed E-state index contributed by atoms with van der Waals surface area (Å²) in [5, 5.41) is 11.1. The van der Waals surface area contributed by atoms with E-state index in [0.29, 0.717) is 0 Å². The van der Waals surface area contributed by atoms with Crippen molar-refractivity contribution in [1.82, 2.24) is 0 Å². The van der Waals surface area contributed by atoms with Crippen LogP contribution in [0.2, 0.25) is 0 Å². The molecular formula is C10H19NO3. The topological polar surface area (TPSA) is 51.1 Å². The molecule has 1 N–H and O–H groups in total. The zero-order valence-electron chi connectivity index (χ0n) is 8.52. The molecule has 1 heterocycles. The molecule has 0 aromatic rings. The van der Waals surface area contributed by atoms with Crippen molar-refractivity contribution in [2.24, 2.45) is 5.16 Å². The summed E-state index contributed by atoms with van der Waals surface area (Å²) in [5.41, 5.74) is 0. The molecule has 0 saturated carbocycles. The van der Waals surface area contributed by atoms with Gasteiger partial charge in [-0.2, -0.15) is 0 Å². The highest BCUT2D eigenvalue weighted by Crippen LogP contribution is 2.13. The molecule has 0 amide bonds. The van der Waals surface area contributed by atoms with Crippen molar-refractivity contribution in [2.75, 3.05) is 13.2 Å². The van der Waals surface area contributed by atoms with Gasteiger partial charge in [0.15, 0.2) is 6.29 Å². The van der Waals surface area contributed by atoms with Crippen LogP contribution in [0, 0.1) is 0 Å². The van der Waals surface area contributed by atoms with Gasteiger partial charge in [-0.25, -0.2) is 0 Å². The number of unbranched alkanes of at least 4 members (excludes halogenated alkanes) is 2. The number of rotatable bonds is 6. The van der Waals surface area contributed by atoms with Gasteiger partial charge in [0, 0.05) is 19.4 Å². The first kappa shape index (κ1) is 11.5. The molecule has 1 unspecified atom stereocenters. The van der Waals surface area contributed by atoms with Gasteiger partial charge in [-0.15, -0.1) is 5.16 Å². The van der Waals surface area contributed by atoms with E-state index in [9.17, 15) is 0 Å². The van der Waals surface area contributed by atoms with E-state index in [4.69, 9.17) is 14.7 Å². The molecule has 1 saturated heterocycles. The molecule has 0 radical (unpaired) electrons. The molecule has 1 atom stereocenters. The van der Waals surface area contributed by atoms with Crippen LogP contribution in [-0.4, -0.2) is 30.9 Å². The monoisotopic (exact) mass is 201 g/mol. The van der Waals surface area contributed by atoms with E-state index >= 15 is 0 Å². The van der Waals surface area contributed by atoms with Gasteiger partial charge in [0.05, 0.1) is 0 Å². The number of ether oxygens (including phenoxy) is 2. The van der Waals surface area contributed by atoms with E-state index in [-0.39, 0.29) is 6.29 Å². The van der Waals surface area contributed by atoms with Gasteiger partial charge >= 0.3 is 0 Å². The Labute approximate surface area is 84.9 Å². The highest BCUT2D eigenvalue weighted by Gasteiger charge is 2.12. The highest BCUT2D eigenvalue weighted by atomic mass is 16.7. The molecule has 1 aliphatic heterocycles. The maximum atomic E-state index is 8.14. The first-order valence-electron chi connectivity index (χ1n) is 5.32. The lowest BCUT2D eigenvalue weighted by atomic mass is 10.2. The number of hydrogen-bond acceptors (Lipinski definition) is 4. The second-order valence-corrected chi connectivity index (χ2v) is 3.46. The Morgan fingerprint density at radius 3 is 3.07 bits per heavy atom. The van der Waals surface area contributed by atoms with E-state index in [1.165, 1.54) is 12.6 Å². The van der Waals surface area contributed by atoms with Gasteiger partial charge in [0.1, 0.15) is 0 Å². The normalized spacial score (nSPS) is 23.0. The van der Waals surface area contributed by atoms with Crippen LogP contribution in [-0.2, 0) is 9.47 Å². The van der Waals surface area contributed by atoms with Crippen LogP contribution < -0.4 is 0 Å². The Kier molecular flexibility index (Phi) is 6.36. The summed E-state index contributed by atoms with van der Waals surface area (Å²) < 4.78 is 11.0. The van der Waals surface area contributed by atoms with Crippen molar-refractivity contribution in [3.63, 3.8) is 0 Å². The predicted molar refractivity (Wildman–Crippen MR) is 53.7 cm³/mol. The Morgan fingerprint density at radius 1 is 1.43 bits per heavy atom. The molecule has 0 aliphatic carbocycles. The maximum Gasteiger partial charge on any atom is 0.157 e. The quantitative estimate of drug-likeness (QED) is 0.310. The van der Waals surface area contributed by atoms with Crippen LogP contribution in [0.4, 0.5) is 0 Å². The third-order valence-corrected chi connectivity index (χ3v) is 2.25. The summed E-state index contributed by atoms with van der Waals surface area (Å²) in [4.78, 5) is 0. The van der Waals surface area contributed by atoms with Crippen molar-refractivity contribution < 1.29 is 14.7 Å². The fourth-order valence-corrected chi connectivity index (χ4v) is 1.45. The maximum absolute atomic E-state index is 8.14. The first-order valence-corrected chi connectivity index (χ1v) is 5.32. The van der Waals surface area contributed by atoms with Crippen LogP contribution in [0.25, 0.3) is 0 Å². The molecule has 0 aromatic carbocycles. The van der Waals surface area contributed by atoms with Crippen LogP contribution in [0.1, 0.15) is 38.5 Å². The molecule has 1 fully saturated rings. The average Bonchev–Trinajstić information content (AvgIpc) is 2.25. The molecule has 1 aliphatic rings. The van der Waals surface area contributed by atoms with E-state index < -0.39 is 0 Å². The van der Waals surface area contributed by atoms with Crippen LogP contribution in [0.15, 0.2) is 5.16 Å². The lowest BCUT2D eigenvalue weighted by Crippen LogP contribution is -2.22. The SMILES string of the molecule is O/N=C/CCCCOC1CCCCO1. The lowest BCUT2D eigenvalue weighted by molar-refractivity contribution is -0.162. The summed E-state index contributed by atoms with van der Waals surface area (Å²) in [6.07, 6.45) is 7.73. The zero-order chi connectivity index (χ0) is 10.1. The fourth-order valence-electron chi connectivity index (χ4n) is 1.45. The van der Waals surface area contributed by atoms with Crippen LogP contribution in [0.5, 0.6) is 0 Å². The third kappa shape index (κ3) is 5.19. The van der Waals surface area contributed by atoms with E-state index in [1.807, 2.05) is 0 Å². The average molecular weight is 201 g/mol. The molecule has 14 heavy (non-hydrogen) atoms. The Balaban J connectivity index is 1.87.